The molecular weight excluding hydrogens is 320 g/mol. The summed E-state index contributed by atoms with van der Waals surface area (Å²) in [6.45, 7) is 2.38. The van der Waals surface area contributed by atoms with Crippen LogP contribution >= 0.6 is 0 Å². The van der Waals surface area contributed by atoms with Gasteiger partial charge < -0.3 is 20.0 Å². The number of amides is 2. The zero-order valence-corrected chi connectivity index (χ0v) is 14.5. The van der Waals surface area contributed by atoms with Gasteiger partial charge in [0, 0.05) is 38.0 Å². The van der Waals surface area contributed by atoms with Crippen LogP contribution in [0.2, 0.25) is 0 Å². The highest BCUT2D eigenvalue weighted by atomic mass is 16.3. The van der Waals surface area contributed by atoms with Gasteiger partial charge in [-0.1, -0.05) is 12.1 Å². The predicted octanol–water partition coefficient (Wildman–Crippen LogP) is 1.16. The van der Waals surface area contributed by atoms with E-state index in [0.29, 0.717) is 26.1 Å². The van der Waals surface area contributed by atoms with Gasteiger partial charge in [0.1, 0.15) is 5.75 Å². The third-order valence-corrected chi connectivity index (χ3v) is 5.40. The molecule has 2 fully saturated rings. The number of likely N-dealkylation sites (tertiary alicyclic amines) is 2. The smallest absolute Gasteiger partial charge is 0.227 e. The van der Waals surface area contributed by atoms with E-state index in [0.717, 1.165) is 31.4 Å². The number of hydrogen-bond donors (Lipinski definition) is 2. The maximum absolute atomic E-state index is 12.7. The van der Waals surface area contributed by atoms with E-state index >= 15 is 0 Å². The number of phenols is 1. The van der Waals surface area contributed by atoms with Crippen molar-refractivity contribution >= 4 is 11.8 Å². The first-order valence-electron chi connectivity index (χ1n) is 8.96. The van der Waals surface area contributed by atoms with E-state index in [2.05, 4.69) is 0 Å². The number of carbonyl (C=O) groups is 2. The van der Waals surface area contributed by atoms with E-state index in [1.54, 1.807) is 23.1 Å². The van der Waals surface area contributed by atoms with Crippen LogP contribution in [-0.4, -0.2) is 64.6 Å². The van der Waals surface area contributed by atoms with Crippen molar-refractivity contribution in [3.63, 3.8) is 0 Å². The minimum absolute atomic E-state index is 0.0258. The molecule has 6 heteroatoms. The fraction of sp³-hybridized carbons (Fsp3) is 0.579. The van der Waals surface area contributed by atoms with Crippen molar-refractivity contribution in [3.8, 4) is 5.75 Å². The molecule has 136 valence electrons. The summed E-state index contributed by atoms with van der Waals surface area (Å²) in [6.07, 6.45) is 3.53. The number of phenolic OH excluding ortho intramolecular Hbond substituents is 1. The van der Waals surface area contributed by atoms with Gasteiger partial charge in [-0.3, -0.25) is 9.59 Å². The number of β-amino-alcohol motifs (C(OH)–C–C–N with tert-alkyl or cyclic N) is 1. The lowest BCUT2D eigenvalue weighted by Gasteiger charge is -2.48. The Morgan fingerprint density at radius 3 is 2.84 bits per heavy atom. The Labute approximate surface area is 148 Å². The van der Waals surface area contributed by atoms with Crippen molar-refractivity contribution in [2.75, 3.05) is 32.8 Å². The highest BCUT2D eigenvalue weighted by Crippen LogP contribution is 2.39. The zero-order valence-electron chi connectivity index (χ0n) is 14.5. The molecule has 1 atom stereocenters. The third kappa shape index (κ3) is 4.12. The quantitative estimate of drug-likeness (QED) is 0.857. The summed E-state index contributed by atoms with van der Waals surface area (Å²) < 4.78 is 0. The van der Waals surface area contributed by atoms with E-state index in [1.807, 2.05) is 11.0 Å². The number of carbonyl (C=O) groups excluding carboxylic acids is 2. The Bertz CT molecular complexity index is 648. The molecule has 2 aliphatic heterocycles. The SMILES string of the molecule is O=C1CCC2(CCCN(C(=O)Cc3cccc(O)c3)C2)CN1CCO. The zero-order chi connectivity index (χ0) is 17.9. The summed E-state index contributed by atoms with van der Waals surface area (Å²) in [5.41, 5.74) is 0.765. The molecule has 1 aromatic rings. The second-order valence-corrected chi connectivity index (χ2v) is 7.30. The standard InChI is InChI=1S/C19H26N2O4/c22-10-9-21-14-19(7-5-17(21)24)6-2-8-20(13-19)18(25)12-15-3-1-4-16(23)11-15/h1,3-4,11,22-23H,2,5-10,12-14H2. The number of hydrogen-bond acceptors (Lipinski definition) is 4. The van der Waals surface area contributed by atoms with Gasteiger partial charge in [-0.2, -0.15) is 0 Å². The van der Waals surface area contributed by atoms with Crippen molar-refractivity contribution in [1.82, 2.24) is 9.80 Å². The van der Waals surface area contributed by atoms with Gasteiger partial charge in [0.25, 0.3) is 0 Å². The number of nitrogens with zero attached hydrogens (tertiary/aromatic N) is 2. The number of benzene rings is 1. The molecule has 2 N–H and O–H groups in total. The lowest BCUT2D eigenvalue weighted by Crippen LogP contribution is -2.55. The van der Waals surface area contributed by atoms with Crippen molar-refractivity contribution in [2.45, 2.75) is 32.1 Å². The first-order chi connectivity index (χ1) is 12.0. The van der Waals surface area contributed by atoms with Gasteiger partial charge in [-0.05, 0) is 37.0 Å². The number of rotatable bonds is 4. The molecule has 3 rings (SSSR count). The van der Waals surface area contributed by atoms with Gasteiger partial charge in [0.2, 0.25) is 11.8 Å². The molecule has 2 saturated heterocycles. The minimum Gasteiger partial charge on any atom is -0.508 e. The maximum Gasteiger partial charge on any atom is 0.227 e. The molecule has 2 heterocycles. The Balaban J connectivity index is 1.66. The third-order valence-electron chi connectivity index (χ3n) is 5.40. The summed E-state index contributed by atoms with van der Waals surface area (Å²) >= 11 is 0. The summed E-state index contributed by atoms with van der Waals surface area (Å²) in [4.78, 5) is 28.4. The molecule has 25 heavy (non-hydrogen) atoms. The molecule has 0 aliphatic carbocycles. The lowest BCUT2D eigenvalue weighted by atomic mass is 9.73. The molecule has 6 nitrogen and oxygen atoms in total. The van der Waals surface area contributed by atoms with E-state index in [9.17, 15) is 19.8 Å². The van der Waals surface area contributed by atoms with Crippen LogP contribution < -0.4 is 0 Å². The summed E-state index contributed by atoms with van der Waals surface area (Å²) in [6, 6.07) is 6.81. The lowest BCUT2D eigenvalue weighted by molar-refractivity contribution is -0.143. The Hall–Kier alpha value is -2.08. The average molecular weight is 346 g/mol. The molecular formula is C19H26N2O4. The molecule has 2 amide bonds. The van der Waals surface area contributed by atoms with Crippen LogP contribution in [0, 0.1) is 5.41 Å². The Morgan fingerprint density at radius 1 is 1.24 bits per heavy atom. The highest BCUT2D eigenvalue weighted by Gasteiger charge is 2.42. The van der Waals surface area contributed by atoms with Crippen molar-refractivity contribution < 1.29 is 19.8 Å². The fourth-order valence-corrected chi connectivity index (χ4v) is 4.13. The second kappa shape index (κ2) is 7.44. The van der Waals surface area contributed by atoms with E-state index in [1.165, 1.54) is 0 Å². The van der Waals surface area contributed by atoms with Gasteiger partial charge >= 0.3 is 0 Å². The summed E-state index contributed by atoms with van der Waals surface area (Å²) in [7, 11) is 0. The summed E-state index contributed by atoms with van der Waals surface area (Å²) in [5.74, 6) is 0.337. The Morgan fingerprint density at radius 2 is 2.08 bits per heavy atom. The normalized spacial score (nSPS) is 24.0. The van der Waals surface area contributed by atoms with Crippen LogP contribution in [0.25, 0.3) is 0 Å². The molecule has 0 bridgehead atoms. The predicted molar refractivity (Wildman–Crippen MR) is 93.0 cm³/mol. The minimum atomic E-state index is -0.0458. The van der Waals surface area contributed by atoms with Gasteiger partial charge in [-0.15, -0.1) is 0 Å². The van der Waals surface area contributed by atoms with Gasteiger partial charge in [-0.25, -0.2) is 0 Å². The first-order valence-corrected chi connectivity index (χ1v) is 8.96. The molecule has 2 aliphatic rings. The van der Waals surface area contributed by atoms with Crippen LogP contribution in [-0.2, 0) is 16.0 Å². The topological polar surface area (TPSA) is 81.1 Å². The number of piperidine rings is 2. The first kappa shape index (κ1) is 17.7. The number of aromatic hydroxyl groups is 1. The van der Waals surface area contributed by atoms with Crippen LogP contribution in [0.4, 0.5) is 0 Å². The highest BCUT2D eigenvalue weighted by molar-refractivity contribution is 5.79. The molecule has 0 aromatic heterocycles. The van der Waals surface area contributed by atoms with Crippen LogP contribution in [0.15, 0.2) is 24.3 Å². The van der Waals surface area contributed by atoms with Crippen molar-refractivity contribution in [1.29, 1.82) is 0 Å². The van der Waals surface area contributed by atoms with Crippen LogP contribution in [0.3, 0.4) is 0 Å². The van der Waals surface area contributed by atoms with Gasteiger partial charge in [0.05, 0.1) is 13.0 Å². The second-order valence-electron chi connectivity index (χ2n) is 7.30. The van der Waals surface area contributed by atoms with E-state index < -0.39 is 0 Å². The average Bonchev–Trinajstić information content (AvgIpc) is 2.59. The molecule has 1 unspecified atom stereocenters. The molecule has 1 spiro atoms. The van der Waals surface area contributed by atoms with E-state index in [-0.39, 0.29) is 36.0 Å². The monoisotopic (exact) mass is 346 g/mol. The van der Waals surface area contributed by atoms with E-state index in [4.69, 9.17) is 0 Å². The van der Waals surface area contributed by atoms with Crippen LogP contribution in [0.5, 0.6) is 5.75 Å². The molecule has 0 saturated carbocycles. The molecule has 0 radical (unpaired) electrons. The van der Waals surface area contributed by atoms with Crippen molar-refractivity contribution in [2.24, 2.45) is 5.41 Å². The number of aliphatic hydroxyl groups is 1. The number of aliphatic hydroxyl groups excluding tert-OH is 1. The Kier molecular flexibility index (Phi) is 5.27. The van der Waals surface area contributed by atoms with Crippen molar-refractivity contribution in [3.05, 3.63) is 29.8 Å². The largest absolute Gasteiger partial charge is 0.508 e. The van der Waals surface area contributed by atoms with Gasteiger partial charge in [0.15, 0.2) is 0 Å². The fourth-order valence-electron chi connectivity index (χ4n) is 4.13. The molecule has 1 aromatic carbocycles. The summed E-state index contributed by atoms with van der Waals surface area (Å²) in [5, 5.41) is 18.7. The maximum atomic E-state index is 12.7. The van der Waals surface area contributed by atoms with Crippen LogP contribution in [0.1, 0.15) is 31.2 Å².